The van der Waals surface area contributed by atoms with Gasteiger partial charge in [0.25, 0.3) is 0 Å². The van der Waals surface area contributed by atoms with Gasteiger partial charge in [0.1, 0.15) is 21.5 Å². The highest BCUT2D eigenvalue weighted by atomic mass is 79.9. The van der Waals surface area contributed by atoms with Crippen molar-refractivity contribution in [1.29, 1.82) is 0 Å². The molecule has 0 unspecified atom stereocenters. The zero-order valence-electron chi connectivity index (χ0n) is 12.7. The average Bonchev–Trinajstić information content (AvgIpc) is 2.64. The quantitative estimate of drug-likeness (QED) is 0.836. The predicted molar refractivity (Wildman–Crippen MR) is 85.6 cm³/mol. The first-order valence-corrected chi connectivity index (χ1v) is 7.81. The van der Waals surface area contributed by atoms with Gasteiger partial charge in [0.15, 0.2) is 5.82 Å². The van der Waals surface area contributed by atoms with E-state index in [-0.39, 0.29) is 12.0 Å². The van der Waals surface area contributed by atoms with Gasteiger partial charge >= 0.3 is 6.09 Å². The molecule has 0 aromatic carbocycles. The number of hydrogen-bond donors (Lipinski definition) is 1. The molecule has 2 N–H and O–H groups in total. The van der Waals surface area contributed by atoms with Crippen molar-refractivity contribution in [3.63, 3.8) is 0 Å². The number of carbonyl (C=O) groups excluding carboxylic acids is 1. The first kappa shape index (κ1) is 15.1. The fourth-order valence-electron chi connectivity index (χ4n) is 2.45. The van der Waals surface area contributed by atoms with Gasteiger partial charge in [-0.15, -0.1) is 0 Å². The van der Waals surface area contributed by atoms with Crippen molar-refractivity contribution >= 4 is 33.4 Å². The Labute approximate surface area is 136 Å². The third-order valence-corrected chi connectivity index (χ3v) is 4.02. The van der Waals surface area contributed by atoms with Crippen LogP contribution in [0.25, 0.3) is 5.52 Å². The molecule has 0 saturated carbocycles. The minimum atomic E-state index is -0.481. The number of nitrogen functional groups attached to an aromatic ring is 1. The van der Waals surface area contributed by atoms with Crippen molar-refractivity contribution in [3.05, 3.63) is 22.8 Å². The van der Waals surface area contributed by atoms with Crippen molar-refractivity contribution in [2.24, 2.45) is 0 Å². The number of likely N-dealkylation sites (tertiary alicyclic amines) is 1. The molecule has 0 atom stereocenters. The van der Waals surface area contributed by atoms with Gasteiger partial charge in [-0.1, -0.05) is 0 Å². The van der Waals surface area contributed by atoms with E-state index < -0.39 is 5.60 Å². The standard InChI is InChI=1S/C14H18BrN5O2/c1-14(2,3)22-13(21)19-6-8(7-19)12-18-10(15)9-11(16)17-4-5-20(9)12/h4-5,8H,6-7H2,1-3H3,(H2,16,17). The Morgan fingerprint density at radius 3 is 2.77 bits per heavy atom. The number of ether oxygens (including phenoxy) is 1. The lowest BCUT2D eigenvalue weighted by Gasteiger charge is -2.39. The van der Waals surface area contributed by atoms with E-state index in [2.05, 4.69) is 25.9 Å². The van der Waals surface area contributed by atoms with Crippen molar-refractivity contribution in [1.82, 2.24) is 19.3 Å². The second kappa shape index (κ2) is 5.12. The van der Waals surface area contributed by atoms with Crippen LogP contribution in [0.15, 0.2) is 17.0 Å². The highest BCUT2D eigenvalue weighted by Crippen LogP contribution is 2.32. The van der Waals surface area contributed by atoms with Crippen LogP contribution in [0.5, 0.6) is 0 Å². The molecule has 1 saturated heterocycles. The van der Waals surface area contributed by atoms with Gasteiger partial charge in [-0.3, -0.25) is 4.40 Å². The van der Waals surface area contributed by atoms with Crippen molar-refractivity contribution in [3.8, 4) is 0 Å². The van der Waals surface area contributed by atoms with Gasteiger partial charge in [0.05, 0.1) is 5.92 Å². The predicted octanol–water partition coefficient (Wildman–Crippen LogP) is 2.41. The Morgan fingerprint density at radius 1 is 1.45 bits per heavy atom. The second-order valence-corrected chi connectivity index (χ2v) is 7.13. The third-order valence-electron chi connectivity index (χ3n) is 3.47. The molecule has 1 amide bonds. The molecule has 8 heteroatoms. The molecular formula is C14H18BrN5O2. The zero-order chi connectivity index (χ0) is 16.1. The van der Waals surface area contributed by atoms with Crippen LogP contribution >= 0.6 is 15.9 Å². The van der Waals surface area contributed by atoms with Crippen LogP contribution in [0.2, 0.25) is 0 Å². The monoisotopic (exact) mass is 367 g/mol. The Kier molecular flexibility index (Phi) is 3.51. The lowest BCUT2D eigenvalue weighted by Crippen LogP contribution is -2.50. The van der Waals surface area contributed by atoms with E-state index in [4.69, 9.17) is 10.5 Å². The molecule has 1 aliphatic rings. The summed E-state index contributed by atoms with van der Waals surface area (Å²) in [6.07, 6.45) is 3.18. The number of rotatable bonds is 1. The number of nitrogens with zero attached hydrogens (tertiary/aromatic N) is 4. The number of imidazole rings is 1. The van der Waals surface area contributed by atoms with Crippen LogP contribution in [0.3, 0.4) is 0 Å². The number of nitrogens with two attached hydrogens (primary N) is 1. The minimum absolute atomic E-state index is 0.160. The molecule has 0 radical (unpaired) electrons. The number of halogens is 1. The molecule has 0 bridgehead atoms. The fourth-order valence-corrected chi connectivity index (χ4v) is 3.02. The third kappa shape index (κ3) is 2.63. The Balaban J connectivity index is 1.76. The van der Waals surface area contributed by atoms with Crippen LogP contribution in [0.1, 0.15) is 32.5 Å². The van der Waals surface area contributed by atoms with E-state index >= 15 is 0 Å². The summed E-state index contributed by atoms with van der Waals surface area (Å²) in [5, 5.41) is 0. The Bertz CT molecular complexity index is 731. The lowest BCUT2D eigenvalue weighted by molar-refractivity contribution is 0.00747. The molecular weight excluding hydrogens is 350 g/mol. The van der Waals surface area contributed by atoms with Crippen molar-refractivity contribution in [2.45, 2.75) is 32.3 Å². The topological polar surface area (TPSA) is 85.8 Å². The van der Waals surface area contributed by atoms with Gasteiger partial charge in [0, 0.05) is 25.5 Å². The number of fused-ring (bicyclic) bond motifs is 1. The highest BCUT2D eigenvalue weighted by Gasteiger charge is 2.37. The van der Waals surface area contributed by atoms with E-state index in [1.54, 1.807) is 11.1 Å². The Morgan fingerprint density at radius 2 is 2.14 bits per heavy atom. The van der Waals surface area contributed by atoms with Gasteiger partial charge in [-0.25, -0.2) is 14.8 Å². The number of hydrogen-bond acceptors (Lipinski definition) is 5. The first-order valence-electron chi connectivity index (χ1n) is 7.02. The normalized spacial score (nSPS) is 15.9. The maximum absolute atomic E-state index is 12.0. The van der Waals surface area contributed by atoms with Crippen LogP contribution in [-0.4, -0.2) is 44.1 Å². The largest absolute Gasteiger partial charge is 0.444 e. The fraction of sp³-hybridized carbons (Fsp3) is 0.500. The zero-order valence-corrected chi connectivity index (χ0v) is 14.3. The molecule has 2 aromatic heterocycles. The molecule has 7 nitrogen and oxygen atoms in total. The summed E-state index contributed by atoms with van der Waals surface area (Å²) in [6, 6.07) is 0. The number of anilines is 1. The Hall–Kier alpha value is -1.83. The molecule has 3 heterocycles. The van der Waals surface area contributed by atoms with Gasteiger partial charge in [-0.2, -0.15) is 0 Å². The lowest BCUT2D eigenvalue weighted by atomic mass is 10.00. The van der Waals surface area contributed by atoms with E-state index in [0.29, 0.717) is 23.5 Å². The summed E-state index contributed by atoms with van der Waals surface area (Å²) in [4.78, 5) is 22.2. The van der Waals surface area contributed by atoms with Crippen LogP contribution < -0.4 is 5.73 Å². The van der Waals surface area contributed by atoms with E-state index in [0.717, 1.165) is 11.3 Å². The van der Waals surface area contributed by atoms with Crippen LogP contribution in [-0.2, 0) is 4.74 Å². The number of carbonyl (C=O) groups is 1. The summed E-state index contributed by atoms with van der Waals surface area (Å²) >= 11 is 3.42. The summed E-state index contributed by atoms with van der Waals surface area (Å²) in [6.45, 7) is 6.75. The summed E-state index contributed by atoms with van der Waals surface area (Å²) in [5.41, 5.74) is 6.17. The van der Waals surface area contributed by atoms with E-state index in [9.17, 15) is 4.79 Å². The molecule has 3 rings (SSSR count). The SMILES string of the molecule is CC(C)(C)OC(=O)N1CC(c2nc(Br)c3c(N)nccn23)C1. The molecule has 118 valence electrons. The van der Waals surface area contributed by atoms with Crippen molar-refractivity contribution in [2.75, 3.05) is 18.8 Å². The smallest absolute Gasteiger partial charge is 0.410 e. The molecule has 1 aliphatic heterocycles. The molecule has 22 heavy (non-hydrogen) atoms. The van der Waals surface area contributed by atoms with Gasteiger partial charge < -0.3 is 15.4 Å². The molecule has 1 fully saturated rings. The maximum Gasteiger partial charge on any atom is 0.410 e. The molecule has 2 aromatic rings. The van der Waals surface area contributed by atoms with E-state index in [1.165, 1.54) is 0 Å². The maximum atomic E-state index is 12.0. The molecule has 0 spiro atoms. The minimum Gasteiger partial charge on any atom is -0.444 e. The van der Waals surface area contributed by atoms with Crippen LogP contribution in [0.4, 0.5) is 10.6 Å². The van der Waals surface area contributed by atoms with Crippen LogP contribution in [0, 0.1) is 0 Å². The first-order chi connectivity index (χ1) is 10.3. The molecule has 0 aliphatic carbocycles. The summed E-state index contributed by atoms with van der Waals surface area (Å²) in [7, 11) is 0. The van der Waals surface area contributed by atoms with Gasteiger partial charge in [-0.05, 0) is 36.7 Å². The second-order valence-electron chi connectivity index (χ2n) is 6.37. The number of aromatic nitrogens is 3. The average molecular weight is 368 g/mol. The summed E-state index contributed by atoms with van der Waals surface area (Å²) < 4.78 is 7.95. The highest BCUT2D eigenvalue weighted by molar-refractivity contribution is 9.10. The van der Waals surface area contributed by atoms with E-state index in [1.807, 2.05) is 31.4 Å². The van der Waals surface area contributed by atoms with Crippen molar-refractivity contribution < 1.29 is 9.53 Å². The number of amides is 1. The summed E-state index contributed by atoms with van der Waals surface area (Å²) in [5.74, 6) is 1.46. The van der Waals surface area contributed by atoms with Gasteiger partial charge in [0.2, 0.25) is 0 Å².